The Bertz CT molecular complexity index is 553. The molecule has 6 nitrogen and oxygen atoms in total. The molecule has 1 atom stereocenters. The normalized spacial score (nSPS) is 17.5. The molecule has 23 heavy (non-hydrogen) atoms. The molecule has 2 amide bonds. The van der Waals surface area contributed by atoms with Crippen molar-refractivity contribution >= 4 is 17.7 Å². The van der Waals surface area contributed by atoms with Gasteiger partial charge >= 0.3 is 12.0 Å². The fourth-order valence-corrected chi connectivity index (χ4v) is 2.56. The van der Waals surface area contributed by atoms with E-state index < -0.39 is 5.97 Å². The van der Waals surface area contributed by atoms with E-state index in [1.54, 1.807) is 24.0 Å². The standard InChI is InChI=1S/C16H22FN3O3/c1-2-23-15(21)10-18-16(22)20-8-4-7-14(11-20)19-13-6-3-5-12(17)9-13/h3,5-6,9,14,19H,2,4,7-8,10-11H2,1H3,(H,18,22). The number of piperidine rings is 1. The van der Waals surface area contributed by atoms with Crippen molar-refractivity contribution in [1.82, 2.24) is 10.2 Å². The van der Waals surface area contributed by atoms with E-state index in [1.165, 1.54) is 12.1 Å². The lowest BCUT2D eigenvalue weighted by atomic mass is 10.1. The van der Waals surface area contributed by atoms with E-state index in [4.69, 9.17) is 4.74 Å². The molecule has 1 unspecified atom stereocenters. The number of nitrogens with zero attached hydrogens (tertiary/aromatic N) is 1. The van der Waals surface area contributed by atoms with Crippen LogP contribution in [0.2, 0.25) is 0 Å². The molecule has 0 bridgehead atoms. The number of hydrogen-bond donors (Lipinski definition) is 2. The highest BCUT2D eigenvalue weighted by molar-refractivity contribution is 5.81. The predicted octanol–water partition coefficient (Wildman–Crippen LogP) is 1.97. The van der Waals surface area contributed by atoms with Crippen LogP contribution in [0.4, 0.5) is 14.9 Å². The highest BCUT2D eigenvalue weighted by atomic mass is 19.1. The Kier molecular flexibility index (Phi) is 6.19. The van der Waals surface area contributed by atoms with E-state index in [1.807, 2.05) is 0 Å². The van der Waals surface area contributed by atoms with Crippen molar-refractivity contribution in [3.8, 4) is 0 Å². The third-order valence-electron chi connectivity index (χ3n) is 3.59. The summed E-state index contributed by atoms with van der Waals surface area (Å²) in [7, 11) is 0. The third kappa shape index (κ3) is 5.43. The molecule has 0 aliphatic carbocycles. The average molecular weight is 323 g/mol. The number of carbonyl (C=O) groups is 2. The Labute approximate surface area is 135 Å². The summed E-state index contributed by atoms with van der Waals surface area (Å²) in [5.41, 5.74) is 0.698. The van der Waals surface area contributed by atoms with Crippen molar-refractivity contribution in [3.05, 3.63) is 30.1 Å². The molecule has 0 spiro atoms. The van der Waals surface area contributed by atoms with Crippen LogP contribution in [0.15, 0.2) is 24.3 Å². The number of likely N-dealkylation sites (tertiary alicyclic amines) is 1. The van der Waals surface area contributed by atoms with Gasteiger partial charge in [-0.3, -0.25) is 4.79 Å². The number of ether oxygens (including phenoxy) is 1. The number of hydrogen-bond acceptors (Lipinski definition) is 4. The first-order chi connectivity index (χ1) is 11.1. The molecule has 1 saturated heterocycles. The summed E-state index contributed by atoms with van der Waals surface area (Å²) in [5, 5.41) is 5.79. The Morgan fingerprint density at radius 2 is 2.26 bits per heavy atom. The van der Waals surface area contributed by atoms with Crippen molar-refractivity contribution in [2.75, 3.05) is 31.6 Å². The van der Waals surface area contributed by atoms with Crippen LogP contribution in [-0.4, -0.2) is 49.2 Å². The molecular weight excluding hydrogens is 301 g/mol. The zero-order valence-electron chi connectivity index (χ0n) is 13.2. The molecule has 0 aromatic heterocycles. The summed E-state index contributed by atoms with van der Waals surface area (Å²) in [6, 6.07) is 6.02. The SMILES string of the molecule is CCOC(=O)CNC(=O)N1CCCC(Nc2cccc(F)c2)C1. The van der Waals surface area contributed by atoms with Gasteiger partial charge in [0.2, 0.25) is 0 Å². The lowest BCUT2D eigenvalue weighted by Crippen LogP contribution is -2.50. The van der Waals surface area contributed by atoms with Gasteiger partial charge in [0.05, 0.1) is 6.61 Å². The summed E-state index contributed by atoms with van der Waals surface area (Å²) in [6.45, 7) is 3.01. The molecule has 1 aromatic carbocycles. The Morgan fingerprint density at radius 3 is 3.00 bits per heavy atom. The number of esters is 1. The van der Waals surface area contributed by atoms with Gasteiger partial charge in [-0.1, -0.05) is 6.07 Å². The molecular formula is C16H22FN3O3. The van der Waals surface area contributed by atoms with Gasteiger partial charge < -0.3 is 20.3 Å². The number of rotatable bonds is 5. The molecule has 2 N–H and O–H groups in total. The first kappa shape index (κ1) is 17.1. The largest absolute Gasteiger partial charge is 0.465 e. The number of amides is 2. The topological polar surface area (TPSA) is 70.7 Å². The van der Waals surface area contributed by atoms with Crippen molar-refractivity contribution in [3.63, 3.8) is 0 Å². The minimum Gasteiger partial charge on any atom is -0.465 e. The summed E-state index contributed by atoms with van der Waals surface area (Å²) in [5.74, 6) is -0.748. The zero-order chi connectivity index (χ0) is 16.7. The van der Waals surface area contributed by atoms with Crippen LogP contribution >= 0.6 is 0 Å². The van der Waals surface area contributed by atoms with E-state index in [9.17, 15) is 14.0 Å². The molecule has 1 aromatic rings. The van der Waals surface area contributed by atoms with Crippen molar-refractivity contribution in [2.24, 2.45) is 0 Å². The average Bonchev–Trinajstić information content (AvgIpc) is 2.53. The first-order valence-electron chi connectivity index (χ1n) is 7.79. The van der Waals surface area contributed by atoms with Crippen LogP contribution in [0.3, 0.4) is 0 Å². The number of urea groups is 1. The maximum absolute atomic E-state index is 13.2. The Balaban J connectivity index is 1.82. The summed E-state index contributed by atoms with van der Waals surface area (Å²) < 4.78 is 18.0. The second-order valence-electron chi connectivity index (χ2n) is 5.40. The zero-order valence-corrected chi connectivity index (χ0v) is 13.2. The van der Waals surface area contributed by atoms with Crippen molar-refractivity contribution in [2.45, 2.75) is 25.8 Å². The lowest BCUT2D eigenvalue weighted by molar-refractivity contribution is -0.141. The van der Waals surface area contributed by atoms with E-state index in [0.29, 0.717) is 18.8 Å². The van der Waals surface area contributed by atoms with Gasteiger partial charge in [0.1, 0.15) is 12.4 Å². The quantitative estimate of drug-likeness (QED) is 0.813. The van der Waals surface area contributed by atoms with Crippen LogP contribution in [0.5, 0.6) is 0 Å². The number of benzene rings is 1. The molecule has 1 aliphatic rings. The van der Waals surface area contributed by atoms with E-state index in [-0.39, 0.29) is 31.0 Å². The second-order valence-corrected chi connectivity index (χ2v) is 5.40. The predicted molar refractivity (Wildman–Crippen MR) is 84.6 cm³/mol. The van der Waals surface area contributed by atoms with E-state index in [2.05, 4.69) is 10.6 Å². The molecule has 0 saturated carbocycles. The highest BCUT2D eigenvalue weighted by Gasteiger charge is 2.23. The second kappa shape index (κ2) is 8.36. The maximum atomic E-state index is 13.2. The van der Waals surface area contributed by atoms with Gasteiger partial charge in [-0.2, -0.15) is 0 Å². The summed E-state index contributed by atoms with van der Waals surface area (Å²) >= 11 is 0. The van der Waals surface area contributed by atoms with Gasteiger partial charge in [-0.15, -0.1) is 0 Å². The van der Waals surface area contributed by atoms with Gasteiger partial charge in [0.15, 0.2) is 0 Å². The van der Waals surface area contributed by atoms with Gasteiger partial charge in [0.25, 0.3) is 0 Å². The third-order valence-corrected chi connectivity index (χ3v) is 3.59. The molecule has 1 aliphatic heterocycles. The molecule has 1 fully saturated rings. The van der Waals surface area contributed by atoms with E-state index >= 15 is 0 Å². The fourth-order valence-electron chi connectivity index (χ4n) is 2.56. The molecule has 1 heterocycles. The van der Waals surface area contributed by atoms with E-state index in [0.717, 1.165) is 12.8 Å². The number of halogens is 1. The first-order valence-corrected chi connectivity index (χ1v) is 7.79. The van der Waals surface area contributed by atoms with Crippen molar-refractivity contribution < 1.29 is 18.7 Å². The number of carbonyl (C=O) groups excluding carboxylic acids is 2. The molecule has 2 rings (SSSR count). The summed E-state index contributed by atoms with van der Waals surface area (Å²) in [6.07, 6.45) is 1.75. The highest BCUT2D eigenvalue weighted by Crippen LogP contribution is 2.17. The smallest absolute Gasteiger partial charge is 0.325 e. The minimum atomic E-state index is -0.452. The van der Waals surface area contributed by atoms with Crippen LogP contribution in [0, 0.1) is 5.82 Å². The Morgan fingerprint density at radius 1 is 1.43 bits per heavy atom. The molecule has 7 heteroatoms. The summed E-state index contributed by atoms with van der Waals surface area (Å²) in [4.78, 5) is 25.0. The number of nitrogens with one attached hydrogen (secondary N) is 2. The molecule has 126 valence electrons. The fraction of sp³-hybridized carbons (Fsp3) is 0.500. The van der Waals surface area contributed by atoms with Crippen molar-refractivity contribution in [1.29, 1.82) is 0 Å². The van der Waals surface area contributed by atoms with Gasteiger partial charge in [0, 0.05) is 24.8 Å². The molecule has 0 radical (unpaired) electrons. The minimum absolute atomic E-state index is 0.0545. The van der Waals surface area contributed by atoms with Crippen LogP contribution < -0.4 is 10.6 Å². The Hall–Kier alpha value is -2.31. The van der Waals surface area contributed by atoms with Crippen LogP contribution in [0.1, 0.15) is 19.8 Å². The lowest BCUT2D eigenvalue weighted by Gasteiger charge is -2.33. The monoisotopic (exact) mass is 323 g/mol. The number of anilines is 1. The van der Waals surface area contributed by atoms with Gasteiger partial charge in [-0.25, -0.2) is 9.18 Å². The van der Waals surface area contributed by atoms with Gasteiger partial charge in [-0.05, 0) is 38.0 Å². The van der Waals surface area contributed by atoms with Crippen LogP contribution in [-0.2, 0) is 9.53 Å². The van der Waals surface area contributed by atoms with Crippen LogP contribution in [0.25, 0.3) is 0 Å². The maximum Gasteiger partial charge on any atom is 0.325 e.